The number of nitrogens with zero attached hydrogens (tertiary/aromatic N) is 4. The summed E-state index contributed by atoms with van der Waals surface area (Å²) < 4.78 is 6.19. The van der Waals surface area contributed by atoms with Crippen LogP contribution in [0.5, 0.6) is 11.5 Å². The minimum atomic E-state index is -0.336. The molecule has 2 aromatic carbocycles. The van der Waals surface area contributed by atoms with Gasteiger partial charge in [-0.05, 0) is 117 Å². The fourth-order valence-corrected chi connectivity index (χ4v) is 8.06. The summed E-state index contributed by atoms with van der Waals surface area (Å²) in [4.78, 5) is 29.2. The summed E-state index contributed by atoms with van der Waals surface area (Å²) in [6, 6.07) is 23.0. The first-order valence-electron chi connectivity index (χ1n) is 19.9. The van der Waals surface area contributed by atoms with Gasteiger partial charge in [0.25, 0.3) is 0 Å². The lowest BCUT2D eigenvalue weighted by Crippen LogP contribution is -2.28. The van der Waals surface area contributed by atoms with Crippen molar-refractivity contribution in [3.63, 3.8) is 0 Å². The van der Waals surface area contributed by atoms with E-state index in [1.54, 1.807) is 22.7 Å². The topological polar surface area (TPSA) is 92.8 Å². The summed E-state index contributed by atoms with van der Waals surface area (Å²) in [5.74, 6) is 1.47. The molecule has 0 bridgehead atoms. The zero-order valence-corrected chi connectivity index (χ0v) is 37.9. The summed E-state index contributed by atoms with van der Waals surface area (Å²) in [5, 5.41) is 22.9. The molecule has 2 aliphatic carbocycles. The van der Waals surface area contributed by atoms with Gasteiger partial charge in [-0.15, -0.1) is 32.9 Å². The molecule has 0 saturated heterocycles. The van der Waals surface area contributed by atoms with Crippen LogP contribution in [-0.2, 0) is 9.59 Å². The Morgan fingerprint density at radius 1 is 0.458 bits per heavy atom. The van der Waals surface area contributed by atoms with Crippen LogP contribution in [-0.4, -0.2) is 11.6 Å². The van der Waals surface area contributed by atoms with Gasteiger partial charge in [-0.2, -0.15) is 10.2 Å². The van der Waals surface area contributed by atoms with E-state index in [-0.39, 0.29) is 33.2 Å². The Hall–Kier alpha value is -5.38. The molecule has 0 aliphatic heterocycles. The van der Waals surface area contributed by atoms with Crippen LogP contribution < -0.4 is 4.74 Å². The number of Topliss-reactive ketones (excluding diaryl/α,β-unsaturated/α-hetero) is 2. The molecular weight excluding hydrogens is 769 g/mol. The Bertz CT molecular complexity index is 2230. The quantitative estimate of drug-likeness (QED) is 0.166. The van der Waals surface area contributed by atoms with Crippen molar-refractivity contribution < 1.29 is 14.3 Å². The van der Waals surface area contributed by atoms with Gasteiger partial charge in [0.05, 0.1) is 21.1 Å². The van der Waals surface area contributed by atoms with Gasteiger partial charge in [0.1, 0.15) is 22.9 Å². The lowest BCUT2D eigenvalue weighted by atomic mass is 9.71. The highest BCUT2D eigenvalue weighted by Gasteiger charge is 2.36. The van der Waals surface area contributed by atoms with E-state index in [2.05, 4.69) is 93.3 Å². The highest BCUT2D eigenvalue weighted by molar-refractivity contribution is 7.11. The molecule has 0 fully saturated rings. The van der Waals surface area contributed by atoms with E-state index in [0.717, 1.165) is 54.6 Å². The third-order valence-corrected chi connectivity index (χ3v) is 11.7. The molecular formula is C50H54N4O3S2. The van der Waals surface area contributed by atoms with E-state index >= 15 is 0 Å². The normalized spacial score (nSPS) is 15.7. The van der Waals surface area contributed by atoms with Crippen molar-refractivity contribution >= 4 is 57.0 Å². The monoisotopic (exact) mass is 822 g/mol. The molecule has 9 heteroatoms. The van der Waals surface area contributed by atoms with Crippen LogP contribution in [0.15, 0.2) is 162 Å². The third kappa shape index (κ3) is 10.3. The third-order valence-electron chi connectivity index (χ3n) is 9.91. The lowest BCUT2D eigenvalue weighted by molar-refractivity contribution is -0.114. The summed E-state index contributed by atoms with van der Waals surface area (Å²) >= 11 is 3.18. The van der Waals surface area contributed by atoms with Crippen molar-refractivity contribution in [2.75, 3.05) is 0 Å². The van der Waals surface area contributed by atoms with Gasteiger partial charge >= 0.3 is 0 Å². The molecule has 0 amide bonds. The van der Waals surface area contributed by atoms with Gasteiger partial charge in [-0.3, -0.25) is 9.59 Å². The number of carbonyl (C=O) groups excluding carboxylic acids is 2. The second kappa shape index (κ2) is 16.7. The van der Waals surface area contributed by atoms with Crippen LogP contribution in [0.25, 0.3) is 11.4 Å². The van der Waals surface area contributed by atoms with E-state index in [1.807, 2.05) is 108 Å². The smallest absolute Gasteiger partial charge is 0.186 e. The first kappa shape index (κ1) is 43.2. The minimum absolute atomic E-state index is 0.0841. The van der Waals surface area contributed by atoms with Gasteiger partial charge in [0.2, 0.25) is 0 Å². The van der Waals surface area contributed by atoms with Gasteiger partial charge in [-0.25, -0.2) is 0 Å². The lowest BCUT2D eigenvalue weighted by Gasteiger charge is -2.31. The number of azo groups is 2. The van der Waals surface area contributed by atoms with Crippen molar-refractivity contribution in [3.05, 3.63) is 151 Å². The van der Waals surface area contributed by atoms with Crippen molar-refractivity contribution in [1.82, 2.24) is 0 Å². The molecule has 7 nitrogen and oxygen atoms in total. The SMILES string of the molecule is CC(C)(C)C1=CC(=C(N=Nc2ccc(Oc3ccc(N=NC(=C4C=C(C(C)(C)C)C(=O)C(C(C)(C)C)=C4)c4cccs4)cc3)cc2)c2cccs2)C=C(C(C)(C)C)C1=O. The van der Waals surface area contributed by atoms with E-state index in [0.29, 0.717) is 22.9 Å². The summed E-state index contributed by atoms with van der Waals surface area (Å²) in [6.45, 7) is 24.8. The highest BCUT2D eigenvalue weighted by atomic mass is 32.1. The molecule has 0 unspecified atom stereocenters. The van der Waals surface area contributed by atoms with E-state index < -0.39 is 0 Å². The summed E-state index contributed by atoms with van der Waals surface area (Å²) in [7, 11) is 0. The van der Waals surface area contributed by atoms with Crippen molar-refractivity contribution in [3.8, 4) is 11.5 Å². The average molecular weight is 823 g/mol. The highest BCUT2D eigenvalue weighted by Crippen LogP contribution is 2.43. The average Bonchev–Trinajstić information content (AvgIpc) is 3.88. The Labute approximate surface area is 357 Å². The minimum Gasteiger partial charge on any atom is -0.457 e. The summed E-state index contributed by atoms with van der Waals surface area (Å²) in [5.41, 5.74) is 6.23. The molecule has 2 heterocycles. The molecule has 59 heavy (non-hydrogen) atoms. The Kier molecular flexibility index (Phi) is 12.2. The Morgan fingerprint density at radius 3 is 1.02 bits per heavy atom. The molecule has 0 spiro atoms. The molecule has 0 radical (unpaired) electrons. The molecule has 0 atom stereocenters. The first-order chi connectivity index (χ1) is 27.6. The van der Waals surface area contributed by atoms with Gasteiger partial charge in [0, 0.05) is 33.4 Å². The molecule has 6 rings (SSSR count). The Morgan fingerprint density at radius 2 is 0.763 bits per heavy atom. The molecule has 304 valence electrons. The van der Waals surface area contributed by atoms with Crippen LogP contribution in [0.3, 0.4) is 0 Å². The molecule has 2 aromatic heterocycles. The van der Waals surface area contributed by atoms with Crippen LogP contribution in [0, 0.1) is 21.7 Å². The first-order valence-corrected chi connectivity index (χ1v) is 21.6. The number of thiophene rings is 2. The Balaban J connectivity index is 1.23. The zero-order valence-electron chi connectivity index (χ0n) is 36.2. The predicted molar refractivity (Wildman–Crippen MR) is 245 cm³/mol. The number of ketones is 2. The maximum absolute atomic E-state index is 13.6. The largest absolute Gasteiger partial charge is 0.457 e. The van der Waals surface area contributed by atoms with Crippen LogP contribution >= 0.6 is 22.7 Å². The second-order valence-electron chi connectivity index (χ2n) is 18.9. The summed E-state index contributed by atoms with van der Waals surface area (Å²) in [6.07, 6.45) is 7.92. The van der Waals surface area contributed by atoms with Crippen LogP contribution in [0.1, 0.15) is 92.8 Å². The maximum Gasteiger partial charge on any atom is 0.186 e. The molecule has 0 saturated carbocycles. The van der Waals surface area contributed by atoms with Gasteiger partial charge in [-0.1, -0.05) is 95.2 Å². The fourth-order valence-electron chi connectivity index (χ4n) is 6.60. The number of hydrogen-bond acceptors (Lipinski definition) is 9. The van der Waals surface area contributed by atoms with E-state index in [4.69, 9.17) is 15.0 Å². The maximum atomic E-state index is 13.6. The molecule has 4 aromatic rings. The number of ether oxygens (including phenoxy) is 1. The van der Waals surface area contributed by atoms with E-state index in [1.165, 1.54) is 0 Å². The molecule has 2 aliphatic rings. The number of rotatable bonds is 8. The predicted octanol–water partition coefficient (Wildman–Crippen LogP) is 15.6. The molecule has 0 N–H and O–H groups in total. The standard InChI is InChI=1S/C50H54N4O3S2/c1-47(2,3)37-27-31(28-38(45(37)55)48(4,5)6)43(41-15-13-25-58-41)53-51-33-17-21-35(22-18-33)57-36-23-19-34(20-24-36)52-54-44(42-16-14-26-59-42)32-29-39(49(7,8)9)46(56)40(30-32)50(10,11)12/h13-30H,1-12H3. The number of benzene rings is 2. The number of carbonyl (C=O) groups is 2. The zero-order chi connectivity index (χ0) is 42.9. The van der Waals surface area contributed by atoms with Crippen molar-refractivity contribution in [2.24, 2.45) is 42.1 Å². The van der Waals surface area contributed by atoms with E-state index in [9.17, 15) is 9.59 Å². The fraction of sp³-hybridized carbons (Fsp3) is 0.320. The van der Waals surface area contributed by atoms with Crippen molar-refractivity contribution in [2.45, 2.75) is 83.1 Å². The van der Waals surface area contributed by atoms with Gasteiger partial charge in [0.15, 0.2) is 11.6 Å². The van der Waals surface area contributed by atoms with Crippen LogP contribution in [0.2, 0.25) is 0 Å². The van der Waals surface area contributed by atoms with Crippen LogP contribution in [0.4, 0.5) is 11.4 Å². The second-order valence-corrected chi connectivity index (χ2v) is 20.8. The number of hydrogen-bond donors (Lipinski definition) is 0. The van der Waals surface area contributed by atoms with Crippen molar-refractivity contribution in [1.29, 1.82) is 0 Å². The van der Waals surface area contributed by atoms with Gasteiger partial charge < -0.3 is 4.74 Å². The number of allylic oxidation sites excluding steroid dienone is 10.